The molecule has 0 aliphatic carbocycles. The fourth-order valence-corrected chi connectivity index (χ4v) is 2.97. The molecule has 6 nitrogen and oxygen atoms in total. The van der Waals surface area contributed by atoms with Gasteiger partial charge in [-0.05, 0) is 43.5 Å². The van der Waals surface area contributed by atoms with Gasteiger partial charge in [0.2, 0.25) is 0 Å². The van der Waals surface area contributed by atoms with Crippen molar-refractivity contribution >= 4 is 29.0 Å². The second kappa shape index (κ2) is 8.38. The van der Waals surface area contributed by atoms with Crippen molar-refractivity contribution in [2.45, 2.75) is 25.9 Å². The summed E-state index contributed by atoms with van der Waals surface area (Å²) >= 11 is 6.11. The smallest absolute Gasteiger partial charge is 0.255 e. The first-order valence-corrected chi connectivity index (χ1v) is 8.91. The highest BCUT2D eigenvalue weighted by Crippen LogP contribution is 2.31. The molecular weight excluding hydrogens is 354 g/mol. The van der Waals surface area contributed by atoms with E-state index < -0.39 is 0 Å². The average molecular weight is 376 g/mol. The topological polar surface area (TPSA) is 72.5 Å². The van der Waals surface area contributed by atoms with Gasteiger partial charge in [0.25, 0.3) is 5.91 Å². The van der Waals surface area contributed by atoms with Crippen LogP contribution in [-0.2, 0) is 4.74 Å². The van der Waals surface area contributed by atoms with Crippen LogP contribution in [0.3, 0.4) is 0 Å². The lowest BCUT2D eigenvalue weighted by molar-refractivity contribution is 0.102. The predicted molar refractivity (Wildman–Crippen MR) is 102 cm³/mol. The number of ether oxygens (including phenoxy) is 2. The number of carbonyl (C=O) groups excluding carboxylic acids is 1. The van der Waals surface area contributed by atoms with Crippen molar-refractivity contribution in [3.8, 4) is 5.75 Å². The van der Waals surface area contributed by atoms with E-state index in [1.165, 1.54) is 7.11 Å². The molecule has 138 valence electrons. The van der Waals surface area contributed by atoms with Crippen LogP contribution in [-0.4, -0.2) is 37.3 Å². The molecule has 2 N–H and O–H groups in total. The molecule has 0 spiro atoms. The molecule has 1 fully saturated rings. The largest absolute Gasteiger partial charge is 0.495 e. The molecule has 0 saturated carbocycles. The number of nitrogens with one attached hydrogen (secondary N) is 2. The maximum atomic E-state index is 12.6. The monoisotopic (exact) mass is 375 g/mol. The molecule has 1 aromatic carbocycles. The number of hydrogen-bond acceptors (Lipinski definition) is 5. The van der Waals surface area contributed by atoms with Crippen LogP contribution in [0.1, 0.15) is 28.8 Å². The molecule has 3 rings (SSSR count). The molecule has 0 radical (unpaired) electrons. The molecule has 1 unspecified atom stereocenters. The molecule has 26 heavy (non-hydrogen) atoms. The van der Waals surface area contributed by atoms with Crippen molar-refractivity contribution < 1.29 is 14.3 Å². The van der Waals surface area contributed by atoms with E-state index >= 15 is 0 Å². The maximum absolute atomic E-state index is 12.6. The molecule has 7 heteroatoms. The van der Waals surface area contributed by atoms with E-state index in [0.717, 1.165) is 25.0 Å². The number of pyridine rings is 1. The van der Waals surface area contributed by atoms with Gasteiger partial charge in [-0.15, -0.1) is 0 Å². The minimum atomic E-state index is -0.243. The zero-order chi connectivity index (χ0) is 18.5. The summed E-state index contributed by atoms with van der Waals surface area (Å²) in [5.41, 5.74) is 1.94. The Bertz CT molecular complexity index is 792. The fraction of sp³-hybridized carbons (Fsp3) is 0.368. The molecule has 1 amide bonds. The summed E-state index contributed by atoms with van der Waals surface area (Å²) in [7, 11) is 1.54. The van der Waals surface area contributed by atoms with Crippen molar-refractivity contribution in [3.05, 3.63) is 46.6 Å². The van der Waals surface area contributed by atoms with Gasteiger partial charge in [-0.1, -0.05) is 11.6 Å². The van der Waals surface area contributed by atoms with E-state index in [1.54, 1.807) is 30.5 Å². The van der Waals surface area contributed by atoms with Crippen molar-refractivity contribution in [1.82, 2.24) is 4.98 Å². The summed E-state index contributed by atoms with van der Waals surface area (Å²) in [6.07, 6.45) is 3.94. The Morgan fingerprint density at radius 1 is 1.42 bits per heavy atom. The van der Waals surface area contributed by atoms with Gasteiger partial charge in [0, 0.05) is 36.0 Å². The van der Waals surface area contributed by atoms with Gasteiger partial charge < -0.3 is 20.1 Å². The van der Waals surface area contributed by atoms with Crippen LogP contribution in [0, 0.1) is 6.92 Å². The lowest BCUT2D eigenvalue weighted by Crippen LogP contribution is -2.19. The number of rotatable bonds is 6. The maximum Gasteiger partial charge on any atom is 0.255 e. The summed E-state index contributed by atoms with van der Waals surface area (Å²) in [5, 5.41) is 6.68. The van der Waals surface area contributed by atoms with Crippen molar-refractivity contribution in [1.29, 1.82) is 0 Å². The fourth-order valence-electron chi connectivity index (χ4n) is 2.82. The van der Waals surface area contributed by atoms with Crippen molar-refractivity contribution in [2.24, 2.45) is 0 Å². The van der Waals surface area contributed by atoms with Gasteiger partial charge in [-0.2, -0.15) is 0 Å². The van der Waals surface area contributed by atoms with Crippen LogP contribution in [0.2, 0.25) is 5.02 Å². The molecule has 1 aromatic heterocycles. The minimum Gasteiger partial charge on any atom is -0.495 e. The third-order valence-corrected chi connectivity index (χ3v) is 4.69. The molecule has 2 aromatic rings. The Balaban J connectivity index is 1.70. The highest BCUT2D eigenvalue weighted by atomic mass is 35.5. The van der Waals surface area contributed by atoms with E-state index in [1.807, 2.05) is 6.92 Å². The van der Waals surface area contributed by atoms with E-state index in [2.05, 4.69) is 15.6 Å². The molecule has 2 heterocycles. The molecule has 1 atom stereocenters. The number of nitrogens with zero attached hydrogens (tertiary/aromatic N) is 1. The Morgan fingerprint density at radius 3 is 3.00 bits per heavy atom. The summed E-state index contributed by atoms with van der Waals surface area (Å²) in [6.45, 7) is 3.36. The second-order valence-electron chi connectivity index (χ2n) is 6.20. The van der Waals surface area contributed by atoms with Crippen LogP contribution in [0.25, 0.3) is 0 Å². The first-order chi connectivity index (χ1) is 12.6. The summed E-state index contributed by atoms with van der Waals surface area (Å²) in [5.74, 6) is 0.916. The Hall–Kier alpha value is -2.31. The number of aromatic nitrogens is 1. The van der Waals surface area contributed by atoms with Gasteiger partial charge in [0.05, 0.1) is 18.9 Å². The lowest BCUT2D eigenvalue weighted by Gasteiger charge is -2.13. The third kappa shape index (κ3) is 4.45. The van der Waals surface area contributed by atoms with Crippen LogP contribution < -0.4 is 15.4 Å². The van der Waals surface area contributed by atoms with Gasteiger partial charge in [0.1, 0.15) is 11.6 Å². The Labute approximate surface area is 157 Å². The van der Waals surface area contributed by atoms with E-state index in [-0.39, 0.29) is 12.0 Å². The SMILES string of the molecule is COc1cc(Cl)c(C)cc1NC(=O)c1ccnc(NCC2CCCO2)c1. The molecular formula is C19H22ClN3O3. The highest BCUT2D eigenvalue weighted by Gasteiger charge is 2.16. The van der Waals surface area contributed by atoms with Crippen LogP contribution >= 0.6 is 11.6 Å². The average Bonchev–Trinajstić information content (AvgIpc) is 3.16. The lowest BCUT2D eigenvalue weighted by atomic mass is 10.2. The zero-order valence-corrected chi connectivity index (χ0v) is 15.6. The highest BCUT2D eigenvalue weighted by molar-refractivity contribution is 6.31. The number of amides is 1. The van der Waals surface area contributed by atoms with Gasteiger partial charge >= 0.3 is 0 Å². The van der Waals surface area contributed by atoms with Crippen molar-refractivity contribution in [3.63, 3.8) is 0 Å². The Kier molecular flexibility index (Phi) is 5.96. The second-order valence-corrected chi connectivity index (χ2v) is 6.61. The molecule has 0 bridgehead atoms. The van der Waals surface area contributed by atoms with Gasteiger partial charge in [-0.25, -0.2) is 4.98 Å². The molecule has 1 aliphatic heterocycles. The standard InChI is InChI=1S/C19H22ClN3O3/c1-12-8-16(17(25-2)10-15(12)20)23-19(24)13-5-6-21-18(9-13)22-11-14-4-3-7-26-14/h5-6,8-10,14H,3-4,7,11H2,1-2H3,(H,21,22)(H,23,24). The summed E-state index contributed by atoms with van der Waals surface area (Å²) in [4.78, 5) is 16.9. The van der Waals surface area contributed by atoms with Crippen LogP contribution in [0.5, 0.6) is 5.75 Å². The molecule has 1 aliphatic rings. The van der Waals surface area contributed by atoms with E-state index in [4.69, 9.17) is 21.1 Å². The minimum absolute atomic E-state index is 0.204. The summed E-state index contributed by atoms with van der Waals surface area (Å²) < 4.78 is 10.9. The van der Waals surface area contributed by atoms with E-state index in [9.17, 15) is 4.79 Å². The Morgan fingerprint density at radius 2 is 2.27 bits per heavy atom. The first-order valence-electron chi connectivity index (χ1n) is 8.54. The quantitative estimate of drug-likeness (QED) is 0.801. The molecule has 1 saturated heterocycles. The van der Waals surface area contributed by atoms with Gasteiger partial charge in [0.15, 0.2) is 0 Å². The number of hydrogen-bond donors (Lipinski definition) is 2. The number of methoxy groups -OCH3 is 1. The van der Waals surface area contributed by atoms with Crippen LogP contribution in [0.15, 0.2) is 30.5 Å². The normalized spacial score (nSPS) is 16.3. The number of benzene rings is 1. The number of halogens is 1. The zero-order valence-electron chi connectivity index (χ0n) is 14.8. The summed E-state index contributed by atoms with van der Waals surface area (Å²) in [6, 6.07) is 6.87. The first kappa shape index (κ1) is 18.5. The number of carbonyl (C=O) groups is 1. The van der Waals surface area contributed by atoms with Crippen molar-refractivity contribution in [2.75, 3.05) is 30.9 Å². The van der Waals surface area contributed by atoms with Gasteiger partial charge in [-0.3, -0.25) is 4.79 Å². The van der Waals surface area contributed by atoms with E-state index in [0.29, 0.717) is 34.4 Å². The third-order valence-electron chi connectivity index (χ3n) is 4.29. The van der Waals surface area contributed by atoms with Crippen LogP contribution in [0.4, 0.5) is 11.5 Å². The number of aryl methyl sites for hydroxylation is 1. The predicted octanol–water partition coefficient (Wildman–Crippen LogP) is 3.90. The number of anilines is 2.